The van der Waals surface area contributed by atoms with Gasteiger partial charge in [-0.05, 0) is 25.5 Å². The number of aryl methyl sites for hydroxylation is 2. The van der Waals surface area contributed by atoms with Crippen molar-refractivity contribution in [2.75, 3.05) is 5.32 Å². The Bertz CT molecular complexity index is 809. The number of anilines is 1. The van der Waals surface area contributed by atoms with Gasteiger partial charge in [-0.25, -0.2) is 4.98 Å². The molecule has 0 unspecified atom stereocenters. The highest BCUT2D eigenvalue weighted by Gasteiger charge is 2.14. The average Bonchev–Trinajstić information content (AvgIpc) is 2.89. The molecule has 3 nitrogen and oxygen atoms in total. The zero-order valence-electron chi connectivity index (χ0n) is 12.5. The van der Waals surface area contributed by atoms with Gasteiger partial charge in [-0.15, -0.1) is 11.3 Å². The molecule has 0 bridgehead atoms. The third kappa shape index (κ3) is 2.92. The first-order chi connectivity index (χ1) is 10.6. The first-order valence-electron chi connectivity index (χ1n) is 7.05. The predicted octanol–water partition coefficient (Wildman–Crippen LogP) is 4.68. The van der Waals surface area contributed by atoms with E-state index in [4.69, 9.17) is 0 Å². The number of benzene rings is 2. The molecule has 1 amide bonds. The van der Waals surface area contributed by atoms with Crippen LogP contribution in [0.15, 0.2) is 54.6 Å². The number of carbonyl (C=O) groups excluding carboxylic acids is 1. The fraction of sp³-hybridized carbons (Fsp3) is 0.111. The number of aromatic nitrogens is 1. The molecule has 0 fully saturated rings. The van der Waals surface area contributed by atoms with Crippen LogP contribution in [0.25, 0.3) is 11.3 Å². The topological polar surface area (TPSA) is 42.0 Å². The zero-order valence-corrected chi connectivity index (χ0v) is 13.3. The standard InChI is InChI=1S/C18H16N2OS/c1-12-8-6-7-11-15(12)17(21)20-18-19-16(13(2)22-18)14-9-4-3-5-10-14/h3-11H,1-2H3,(H,19,20,21). The van der Waals surface area contributed by atoms with E-state index < -0.39 is 0 Å². The van der Waals surface area contributed by atoms with Gasteiger partial charge in [-0.1, -0.05) is 48.5 Å². The second kappa shape index (κ2) is 6.12. The van der Waals surface area contributed by atoms with Crippen molar-refractivity contribution < 1.29 is 4.79 Å². The summed E-state index contributed by atoms with van der Waals surface area (Å²) < 4.78 is 0. The smallest absolute Gasteiger partial charge is 0.257 e. The second-order valence-corrected chi connectivity index (χ2v) is 6.26. The maximum absolute atomic E-state index is 12.3. The predicted molar refractivity (Wildman–Crippen MR) is 91.4 cm³/mol. The molecule has 4 heteroatoms. The Labute approximate surface area is 133 Å². The molecule has 0 atom stereocenters. The Balaban J connectivity index is 1.86. The molecule has 0 saturated heterocycles. The van der Waals surface area contributed by atoms with Gasteiger partial charge in [0.2, 0.25) is 0 Å². The van der Waals surface area contributed by atoms with Crippen LogP contribution in [-0.4, -0.2) is 10.9 Å². The minimum Gasteiger partial charge on any atom is -0.298 e. The first kappa shape index (κ1) is 14.5. The summed E-state index contributed by atoms with van der Waals surface area (Å²) in [7, 11) is 0. The van der Waals surface area contributed by atoms with Gasteiger partial charge in [0.05, 0.1) is 5.69 Å². The highest BCUT2D eigenvalue weighted by molar-refractivity contribution is 7.16. The number of nitrogens with zero attached hydrogens (tertiary/aromatic N) is 1. The summed E-state index contributed by atoms with van der Waals surface area (Å²) in [6.45, 7) is 3.95. The van der Waals surface area contributed by atoms with Gasteiger partial charge in [-0.2, -0.15) is 0 Å². The summed E-state index contributed by atoms with van der Waals surface area (Å²) in [5, 5.41) is 3.53. The third-order valence-corrected chi connectivity index (χ3v) is 4.34. The molecular weight excluding hydrogens is 292 g/mol. The van der Waals surface area contributed by atoms with Crippen LogP contribution in [0.5, 0.6) is 0 Å². The lowest BCUT2D eigenvalue weighted by Gasteiger charge is -2.04. The van der Waals surface area contributed by atoms with Crippen molar-refractivity contribution in [1.82, 2.24) is 4.98 Å². The molecule has 0 saturated carbocycles. The average molecular weight is 308 g/mol. The van der Waals surface area contributed by atoms with E-state index in [-0.39, 0.29) is 5.91 Å². The van der Waals surface area contributed by atoms with Crippen molar-refractivity contribution in [3.63, 3.8) is 0 Å². The van der Waals surface area contributed by atoms with Gasteiger partial charge < -0.3 is 0 Å². The molecule has 0 aliphatic heterocycles. The SMILES string of the molecule is Cc1ccccc1C(=O)Nc1nc(-c2ccccc2)c(C)s1. The first-order valence-corrected chi connectivity index (χ1v) is 7.86. The summed E-state index contributed by atoms with van der Waals surface area (Å²) in [4.78, 5) is 18.0. The number of rotatable bonds is 3. The van der Waals surface area contributed by atoms with Crippen molar-refractivity contribution in [3.05, 3.63) is 70.6 Å². The van der Waals surface area contributed by atoms with E-state index >= 15 is 0 Å². The maximum Gasteiger partial charge on any atom is 0.257 e. The van der Waals surface area contributed by atoms with Crippen molar-refractivity contribution in [1.29, 1.82) is 0 Å². The van der Waals surface area contributed by atoms with Gasteiger partial charge in [0.15, 0.2) is 5.13 Å². The normalized spacial score (nSPS) is 10.5. The quantitative estimate of drug-likeness (QED) is 0.763. The summed E-state index contributed by atoms with van der Waals surface area (Å²) in [6, 6.07) is 17.5. The molecule has 0 spiro atoms. The number of thiazole rings is 1. The van der Waals surface area contributed by atoms with Crippen LogP contribution >= 0.6 is 11.3 Å². The number of amides is 1. The maximum atomic E-state index is 12.3. The van der Waals surface area contributed by atoms with E-state index in [1.54, 1.807) is 0 Å². The van der Waals surface area contributed by atoms with Crippen LogP contribution in [0.2, 0.25) is 0 Å². The highest BCUT2D eigenvalue weighted by Crippen LogP contribution is 2.30. The lowest BCUT2D eigenvalue weighted by atomic mass is 10.1. The number of hydrogen-bond acceptors (Lipinski definition) is 3. The van der Waals surface area contributed by atoms with E-state index in [0.29, 0.717) is 10.7 Å². The molecule has 0 radical (unpaired) electrons. The number of nitrogens with one attached hydrogen (secondary N) is 1. The highest BCUT2D eigenvalue weighted by atomic mass is 32.1. The lowest BCUT2D eigenvalue weighted by Crippen LogP contribution is -2.12. The fourth-order valence-corrected chi connectivity index (χ4v) is 3.14. The molecular formula is C18H16N2OS. The molecule has 110 valence electrons. The van der Waals surface area contributed by atoms with Crippen molar-refractivity contribution in [3.8, 4) is 11.3 Å². The van der Waals surface area contributed by atoms with Crippen LogP contribution in [0.4, 0.5) is 5.13 Å². The Morgan fingerprint density at radius 2 is 1.68 bits per heavy atom. The summed E-state index contributed by atoms with van der Waals surface area (Å²) >= 11 is 1.49. The Morgan fingerprint density at radius 3 is 2.41 bits per heavy atom. The van der Waals surface area contributed by atoms with Gasteiger partial charge in [0, 0.05) is 16.0 Å². The molecule has 22 heavy (non-hydrogen) atoms. The zero-order chi connectivity index (χ0) is 15.5. The van der Waals surface area contributed by atoms with E-state index in [1.165, 1.54) is 11.3 Å². The molecule has 1 heterocycles. The molecule has 3 aromatic rings. The molecule has 0 aliphatic carbocycles. The summed E-state index contributed by atoms with van der Waals surface area (Å²) in [5.41, 5.74) is 3.62. The van der Waals surface area contributed by atoms with Crippen LogP contribution in [0.3, 0.4) is 0 Å². The Morgan fingerprint density at radius 1 is 1.00 bits per heavy atom. The monoisotopic (exact) mass is 308 g/mol. The van der Waals surface area contributed by atoms with Crippen molar-refractivity contribution >= 4 is 22.4 Å². The molecule has 1 N–H and O–H groups in total. The second-order valence-electron chi connectivity index (χ2n) is 5.06. The van der Waals surface area contributed by atoms with Gasteiger partial charge in [-0.3, -0.25) is 10.1 Å². The van der Waals surface area contributed by atoms with Crippen molar-refractivity contribution in [2.24, 2.45) is 0 Å². The Hall–Kier alpha value is -2.46. The number of hydrogen-bond donors (Lipinski definition) is 1. The van der Waals surface area contributed by atoms with E-state index in [1.807, 2.05) is 68.4 Å². The number of carbonyl (C=O) groups is 1. The van der Waals surface area contributed by atoms with Gasteiger partial charge in [0.25, 0.3) is 5.91 Å². The van der Waals surface area contributed by atoms with Crippen LogP contribution in [0.1, 0.15) is 20.8 Å². The molecule has 1 aromatic heterocycles. The minimum atomic E-state index is -0.119. The van der Waals surface area contributed by atoms with E-state index in [9.17, 15) is 4.79 Å². The lowest BCUT2D eigenvalue weighted by molar-refractivity contribution is 0.102. The molecule has 0 aliphatic rings. The van der Waals surface area contributed by atoms with Gasteiger partial charge >= 0.3 is 0 Å². The van der Waals surface area contributed by atoms with Gasteiger partial charge in [0.1, 0.15) is 0 Å². The minimum absolute atomic E-state index is 0.119. The Kier molecular flexibility index (Phi) is 4.02. The summed E-state index contributed by atoms with van der Waals surface area (Å²) in [6.07, 6.45) is 0. The summed E-state index contributed by atoms with van der Waals surface area (Å²) in [5.74, 6) is -0.119. The largest absolute Gasteiger partial charge is 0.298 e. The van der Waals surface area contributed by atoms with Crippen LogP contribution < -0.4 is 5.32 Å². The molecule has 3 rings (SSSR count). The van der Waals surface area contributed by atoms with Crippen molar-refractivity contribution in [2.45, 2.75) is 13.8 Å². The molecule has 2 aromatic carbocycles. The van der Waals surface area contributed by atoms with E-state index in [0.717, 1.165) is 21.7 Å². The van der Waals surface area contributed by atoms with Crippen LogP contribution in [-0.2, 0) is 0 Å². The van der Waals surface area contributed by atoms with Crippen LogP contribution in [0, 0.1) is 13.8 Å². The third-order valence-electron chi connectivity index (χ3n) is 3.45. The fourth-order valence-electron chi connectivity index (χ4n) is 2.31. The van der Waals surface area contributed by atoms with E-state index in [2.05, 4.69) is 10.3 Å².